The van der Waals surface area contributed by atoms with Gasteiger partial charge in [-0.15, -0.1) is 0 Å². The monoisotopic (exact) mass is 344 g/mol. The fourth-order valence-electron chi connectivity index (χ4n) is 1.46. The van der Waals surface area contributed by atoms with Crippen LogP contribution in [-0.4, -0.2) is 15.1 Å². The zero-order valence-corrected chi connectivity index (χ0v) is 12.3. The van der Waals surface area contributed by atoms with Gasteiger partial charge in [-0.25, -0.2) is 4.39 Å². The first-order chi connectivity index (χ1) is 8.99. The summed E-state index contributed by atoms with van der Waals surface area (Å²) < 4.78 is 19.2. The molecule has 0 saturated carbocycles. The van der Waals surface area contributed by atoms with Crippen LogP contribution in [0.2, 0.25) is 0 Å². The lowest BCUT2D eigenvalue weighted by atomic mass is 10.2. The summed E-state index contributed by atoms with van der Waals surface area (Å²) in [7, 11) is 0. The predicted octanol–water partition coefficient (Wildman–Crippen LogP) is 2.53. The van der Waals surface area contributed by atoms with E-state index in [4.69, 9.17) is 22.5 Å². The van der Waals surface area contributed by atoms with Gasteiger partial charge < -0.3 is 15.6 Å². The van der Waals surface area contributed by atoms with E-state index in [1.54, 1.807) is 19.1 Å². The van der Waals surface area contributed by atoms with E-state index >= 15 is 0 Å². The molecule has 5 nitrogen and oxygen atoms in total. The Bertz CT molecular complexity index is 631. The summed E-state index contributed by atoms with van der Waals surface area (Å²) >= 11 is 7.95. The van der Waals surface area contributed by atoms with Crippen LogP contribution in [0, 0.1) is 12.7 Å². The lowest BCUT2D eigenvalue weighted by Gasteiger charge is -2.09. The number of nitrogens with two attached hydrogens (primary N) is 1. The van der Waals surface area contributed by atoms with Crippen molar-refractivity contribution in [2.45, 2.75) is 13.5 Å². The number of aryl methyl sites for hydroxylation is 1. The SMILES string of the molecule is Cc1noc(CNc2ccc(C(N)=S)c(Br)c2F)n1. The number of hydrogen-bond acceptors (Lipinski definition) is 5. The van der Waals surface area contributed by atoms with Crippen molar-refractivity contribution < 1.29 is 8.91 Å². The average molecular weight is 345 g/mol. The van der Waals surface area contributed by atoms with Crippen LogP contribution >= 0.6 is 28.1 Å². The second kappa shape index (κ2) is 5.62. The molecule has 0 bridgehead atoms. The molecule has 1 aromatic carbocycles. The Hall–Kier alpha value is -1.54. The van der Waals surface area contributed by atoms with Crippen molar-refractivity contribution in [1.82, 2.24) is 10.1 Å². The van der Waals surface area contributed by atoms with Crippen LogP contribution in [0.3, 0.4) is 0 Å². The van der Waals surface area contributed by atoms with Crippen molar-refractivity contribution in [3.8, 4) is 0 Å². The van der Waals surface area contributed by atoms with E-state index in [1.807, 2.05) is 0 Å². The largest absolute Gasteiger partial charge is 0.389 e. The maximum absolute atomic E-state index is 14.0. The van der Waals surface area contributed by atoms with Gasteiger partial charge in [-0.3, -0.25) is 0 Å². The third kappa shape index (κ3) is 3.07. The van der Waals surface area contributed by atoms with Crippen LogP contribution in [0.5, 0.6) is 0 Å². The van der Waals surface area contributed by atoms with Crippen molar-refractivity contribution in [2.75, 3.05) is 5.32 Å². The molecule has 0 spiro atoms. The molecule has 0 fully saturated rings. The van der Waals surface area contributed by atoms with Crippen LogP contribution < -0.4 is 11.1 Å². The van der Waals surface area contributed by atoms with Gasteiger partial charge in [0.05, 0.1) is 16.7 Å². The van der Waals surface area contributed by atoms with Gasteiger partial charge in [-0.2, -0.15) is 4.98 Å². The van der Waals surface area contributed by atoms with E-state index in [1.165, 1.54) is 0 Å². The summed E-state index contributed by atoms with van der Waals surface area (Å²) in [6.07, 6.45) is 0. The molecular formula is C11H10BrFN4OS. The molecule has 0 unspecified atom stereocenters. The molecule has 1 heterocycles. The van der Waals surface area contributed by atoms with Crippen molar-refractivity contribution in [3.63, 3.8) is 0 Å². The molecule has 2 rings (SSSR count). The van der Waals surface area contributed by atoms with E-state index < -0.39 is 5.82 Å². The smallest absolute Gasteiger partial charge is 0.245 e. The van der Waals surface area contributed by atoms with Crippen LogP contribution in [0.25, 0.3) is 0 Å². The fourth-order valence-corrected chi connectivity index (χ4v) is 2.32. The van der Waals surface area contributed by atoms with Crippen molar-refractivity contribution in [3.05, 3.63) is 39.7 Å². The van der Waals surface area contributed by atoms with E-state index in [-0.39, 0.29) is 16.0 Å². The molecule has 2 aromatic rings. The van der Waals surface area contributed by atoms with Gasteiger partial charge >= 0.3 is 0 Å². The Morgan fingerprint density at radius 3 is 2.89 bits per heavy atom. The van der Waals surface area contributed by atoms with E-state index in [9.17, 15) is 4.39 Å². The van der Waals surface area contributed by atoms with Crippen molar-refractivity contribution in [2.24, 2.45) is 5.73 Å². The quantitative estimate of drug-likeness (QED) is 0.830. The third-order valence-electron chi connectivity index (χ3n) is 2.35. The second-order valence-corrected chi connectivity index (χ2v) is 4.97. The minimum absolute atomic E-state index is 0.129. The summed E-state index contributed by atoms with van der Waals surface area (Å²) in [5.74, 6) is 0.440. The molecule has 0 aliphatic carbocycles. The minimum Gasteiger partial charge on any atom is -0.389 e. The average Bonchev–Trinajstić information content (AvgIpc) is 2.76. The summed E-state index contributed by atoms with van der Waals surface area (Å²) in [5, 5.41) is 6.51. The van der Waals surface area contributed by atoms with Gasteiger partial charge in [-0.1, -0.05) is 17.4 Å². The number of halogens is 2. The molecule has 0 aliphatic rings. The molecule has 0 saturated heterocycles. The highest BCUT2D eigenvalue weighted by Crippen LogP contribution is 2.27. The highest BCUT2D eigenvalue weighted by atomic mass is 79.9. The Balaban J connectivity index is 2.17. The summed E-state index contributed by atoms with van der Waals surface area (Å²) in [6, 6.07) is 3.19. The number of aromatic nitrogens is 2. The molecule has 100 valence electrons. The summed E-state index contributed by atoms with van der Waals surface area (Å²) in [5.41, 5.74) is 6.23. The molecule has 0 radical (unpaired) electrons. The predicted molar refractivity (Wildman–Crippen MR) is 76.3 cm³/mol. The third-order valence-corrected chi connectivity index (χ3v) is 3.34. The molecule has 0 atom stereocenters. The lowest BCUT2D eigenvalue weighted by molar-refractivity contribution is 0.379. The zero-order chi connectivity index (χ0) is 14.0. The van der Waals surface area contributed by atoms with E-state index in [2.05, 4.69) is 31.4 Å². The van der Waals surface area contributed by atoms with E-state index in [0.29, 0.717) is 23.0 Å². The number of rotatable bonds is 4. The molecule has 1 aromatic heterocycles. The lowest BCUT2D eigenvalue weighted by Crippen LogP contribution is -2.12. The van der Waals surface area contributed by atoms with Gasteiger partial charge in [0.15, 0.2) is 11.6 Å². The highest BCUT2D eigenvalue weighted by Gasteiger charge is 2.13. The second-order valence-electron chi connectivity index (χ2n) is 3.74. The number of anilines is 1. The van der Waals surface area contributed by atoms with Crippen LogP contribution in [0.1, 0.15) is 17.3 Å². The zero-order valence-electron chi connectivity index (χ0n) is 9.91. The minimum atomic E-state index is -0.471. The van der Waals surface area contributed by atoms with Crippen molar-refractivity contribution in [1.29, 1.82) is 0 Å². The molecule has 0 aliphatic heterocycles. The highest BCUT2D eigenvalue weighted by molar-refractivity contribution is 9.10. The molecular weight excluding hydrogens is 335 g/mol. The molecule has 8 heteroatoms. The van der Waals surface area contributed by atoms with Gasteiger partial charge in [0.1, 0.15) is 4.99 Å². The van der Waals surface area contributed by atoms with Crippen LogP contribution in [-0.2, 0) is 6.54 Å². The number of hydrogen-bond donors (Lipinski definition) is 2. The Morgan fingerprint density at radius 2 is 2.32 bits per heavy atom. The Morgan fingerprint density at radius 1 is 1.58 bits per heavy atom. The summed E-state index contributed by atoms with van der Waals surface area (Å²) in [4.78, 5) is 4.14. The van der Waals surface area contributed by atoms with Gasteiger partial charge in [-0.05, 0) is 35.0 Å². The fraction of sp³-hybridized carbons (Fsp3) is 0.182. The number of nitrogens with zero attached hydrogens (tertiary/aromatic N) is 2. The van der Waals surface area contributed by atoms with Gasteiger partial charge in [0.2, 0.25) is 5.89 Å². The van der Waals surface area contributed by atoms with E-state index in [0.717, 1.165) is 0 Å². The molecule has 3 N–H and O–H groups in total. The Labute approximate surface area is 122 Å². The molecule has 19 heavy (non-hydrogen) atoms. The van der Waals surface area contributed by atoms with Gasteiger partial charge in [0.25, 0.3) is 0 Å². The first-order valence-corrected chi connectivity index (χ1v) is 6.50. The first-order valence-electron chi connectivity index (χ1n) is 5.30. The van der Waals surface area contributed by atoms with Gasteiger partial charge in [0, 0.05) is 5.56 Å². The topological polar surface area (TPSA) is 77.0 Å². The van der Waals surface area contributed by atoms with Crippen molar-refractivity contribution >= 4 is 38.8 Å². The van der Waals surface area contributed by atoms with Crippen LogP contribution in [0.4, 0.5) is 10.1 Å². The standard InChI is InChI=1S/C11H10BrFN4OS/c1-5-16-8(18-17-5)4-15-7-3-2-6(11(14)19)9(12)10(7)13/h2-3,15H,4H2,1H3,(H2,14,19). The first kappa shape index (κ1) is 13.9. The number of thiocarbonyl (C=S) groups is 1. The summed E-state index contributed by atoms with van der Waals surface area (Å²) in [6.45, 7) is 1.94. The number of nitrogens with one attached hydrogen (secondary N) is 1. The normalized spacial score (nSPS) is 10.5. The number of benzene rings is 1. The molecule has 0 amide bonds. The maximum Gasteiger partial charge on any atom is 0.245 e. The Kier molecular flexibility index (Phi) is 4.11. The van der Waals surface area contributed by atoms with Crippen LogP contribution in [0.15, 0.2) is 21.1 Å². The maximum atomic E-state index is 14.0.